The van der Waals surface area contributed by atoms with Gasteiger partial charge in [-0.3, -0.25) is 14.8 Å². The molecule has 1 atom stereocenters. The third-order valence-electron chi connectivity index (χ3n) is 4.50. The average Bonchev–Trinajstić information content (AvgIpc) is 3.41. The zero-order valence-corrected chi connectivity index (χ0v) is 16.6. The summed E-state index contributed by atoms with van der Waals surface area (Å²) < 4.78 is 12.7. The van der Waals surface area contributed by atoms with Crippen LogP contribution in [-0.2, 0) is 4.74 Å². The molecular formula is C16H15N7O5S. The van der Waals surface area contributed by atoms with Crippen molar-refractivity contribution in [3.63, 3.8) is 0 Å². The normalized spacial score (nSPS) is 12.4. The van der Waals surface area contributed by atoms with Crippen LogP contribution in [0.1, 0.15) is 34.0 Å². The van der Waals surface area contributed by atoms with Crippen molar-refractivity contribution in [3.8, 4) is 5.88 Å². The highest BCUT2D eigenvalue weighted by atomic mass is 32.1. The van der Waals surface area contributed by atoms with Crippen molar-refractivity contribution in [1.82, 2.24) is 29.4 Å². The summed E-state index contributed by atoms with van der Waals surface area (Å²) in [5.74, 6) is -0.150. The number of fused-ring (bicyclic) bond motifs is 3. The van der Waals surface area contributed by atoms with E-state index in [2.05, 4.69) is 20.2 Å². The van der Waals surface area contributed by atoms with Crippen molar-refractivity contribution < 1.29 is 19.2 Å². The maximum Gasteiger partial charge on any atom is 0.350 e. The number of nitro groups is 1. The summed E-state index contributed by atoms with van der Waals surface area (Å²) in [6.45, 7) is 3.56. The Hall–Kier alpha value is -3.61. The van der Waals surface area contributed by atoms with E-state index in [0.29, 0.717) is 32.1 Å². The summed E-state index contributed by atoms with van der Waals surface area (Å²) in [7, 11) is 2.64. The van der Waals surface area contributed by atoms with Crippen LogP contribution in [0.2, 0.25) is 0 Å². The minimum atomic E-state index is -0.567. The van der Waals surface area contributed by atoms with Crippen molar-refractivity contribution in [2.75, 3.05) is 14.2 Å². The standard InChI is InChI=1S/C16H15N7O5S/c1-7-10-13-18-12(8(2)21-5-9(23(25)26)14(20-21)27-3)19-22(13)6-17-15(10)29-11(7)16(24)28-4/h5-6,8H,1-4H3. The second kappa shape index (κ2) is 6.77. The molecule has 12 nitrogen and oxygen atoms in total. The molecule has 0 amide bonds. The van der Waals surface area contributed by atoms with E-state index in [9.17, 15) is 14.9 Å². The number of rotatable bonds is 5. The lowest BCUT2D eigenvalue weighted by molar-refractivity contribution is -0.385. The van der Waals surface area contributed by atoms with Crippen LogP contribution in [0.5, 0.6) is 5.88 Å². The Morgan fingerprint density at radius 1 is 1.34 bits per heavy atom. The Labute approximate surface area is 166 Å². The summed E-state index contributed by atoms with van der Waals surface area (Å²) in [6.07, 6.45) is 2.78. The van der Waals surface area contributed by atoms with Crippen LogP contribution < -0.4 is 4.74 Å². The van der Waals surface area contributed by atoms with Crippen molar-refractivity contribution in [1.29, 1.82) is 0 Å². The van der Waals surface area contributed by atoms with E-state index in [0.717, 1.165) is 0 Å². The molecule has 150 valence electrons. The van der Waals surface area contributed by atoms with Gasteiger partial charge in [-0.15, -0.1) is 21.5 Å². The molecule has 0 saturated heterocycles. The number of methoxy groups -OCH3 is 2. The Balaban J connectivity index is 1.83. The first-order chi connectivity index (χ1) is 13.8. The minimum Gasteiger partial charge on any atom is -0.475 e. The maximum absolute atomic E-state index is 12.0. The second-order valence-electron chi connectivity index (χ2n) is 6.15. The molecule has 1 unspecified atom stereocenters. The summed E-state index contributed by atoms with van der Waals surface area (Å²) in [4.78, 5) is 32.6. The van der Waals surface area contributed by atoms with Gasteiger partial charge in [-0.2, -0.15) is 0 Å². The average molecular weight is 417 g/mol. The molecular weight excluding hydrogens is 402 g/mol. The van der Waals surface area contributed by atoms with Gasteiger partial charge in [0, 0.05) is 0 Å². The van der Waals surface area contributed by atoms with Crippen LogP contribution in [0.15, 0.2) is 12.5 Å². The number of aromatic nitrogens is 6. The predicted octanol–water partition coefficient (Wildman–Crippen LogP) is 2.16. The molecule has 0 aliphatic carbocycles. The number of aryl methyl sites for hydroxylation is 1. The summed E-state index contributed by atoms with van der Waals surface area (Å²) in [5, 5.41) is 20.4. The highest BCUT2D eigenvalue weighted by molar-refractivity contribution is 7.20. The van der Waals surface area contributed by atoms with Crippen molar-refractivity contribution in [3.05, 3.63) is 38.9 Å². The number of hydrogen-bond donors (Lipinski definition) is 0. The zero-order chi connectivity index (χ0) is 20.9. The molecule has 0 saturated carbocycles. The molecule has 0 N–H and O–H groups in total. The highest BCUT2D eigenvalue weighted by Gasteiger charge is 2.26. The lowest BCUT2D eigenvalue weighted by atomic mass is 10.2. The van der Waals surface area contributed by atoms with Gasteiger partial charge in [0.05, 0.1) is 24.5 Å². The lowest BCUT2D eigenvalue weighted by Gasteiger charge is -2.06. The molecule has 29 heavy (non-hydrogen) atoms. The summed E-state index contributed by atoms with van der Waals surface area (Å²) in [5.41, 5.74) is 0.982. The van der Waals surface area contributed by atoms with Crippen LogP contribution >= 0.6 is 11.3 Å². The Bertz CT molecular complexity index is 1270. The Morgan fingerprint density at radius 3 is 2.72 bits per heavy atom. The summed E-state index contributed by atoms with van der Waals surface area (Å²) in [6, 6.07) is -0.508. The van der Waals surface area contributed by atoms with E-state index >= 15 is 0 Å². The first kappa shape index (κ1) is 18.7. The van der Waals surface area contributed by atoms with Gasteiger partial charge in [0.2, 0.25) is 0 Å². The van der Waals surface area contributed by atoms with Gasteiger partial charge in [0.1, 0.15) is 28.3 Å². The molecule has 4 rings (SSSR count). The number of hydrogen-bond acceptors (Lipinski definition) is 10. The van der Waals surface area contributed by atoms with Crippen molar-refractivity contribution in [2.45, 2.75) is 19.9 Å². The fraction of sp³-hybridized carbons (Fsp3) is 0.312. The monoisotopic (exact) mass is 417 g/mol. The minimum absolute atomic E-state index is 0.0916. The van der Waals surface area contributed by atoms with E-state index in [4.69, 9.17) is 9.47 Å². The van der Waals surface area contributed by atoms with Gasteiger partial charge in [0.15, 0.2) is 11.5 Å². The predicted molar refractivity (Wildman–Crippen MR) is 101 cm³/mol. The van der Waals surface area contributed by atoms with E-state index in [1.54, 1.807) is 13.8 Å². The first-order valence-electron chi connectivity index (χ1n) is 8.36. The maximum atomic E-state index is 12.0. The van der Waals surface area contributed by atoms with Gasteiger partial charge in [-0.05, 0) is 19.4 Å². The molecule has 0 aromatic carbocycles. The zero-order valence-electron chi connectivity index (χ0n) is 15.8. The largest absolute Gasteiger partial charge is 0.475 e. The molecule has 4 heterocycles. The number of nitrogens with zero attached hydrogens (tertiary/aromatic N) is 7. The number of thiophene rings is 1. The molecule has 0 fully saturated rings. The van der Waals surface area contributed by atoms with E-state index in [1.165, 1.54) is 47.3 Å². The molecule has 0 bridgehead atoms. The number of carbonyl (C=O) groups is 1. The van der Waals surface area contributed by atoms with E-state index in [1.807, 2.05) is 0 Å². The molecule has 0 spiro atoms. The quantitative estimate of drug-likeness (QED) is 0.271. The third kappa shape index (κ3) is 2.86. The van der Waals surface area contributed by atoms with Crippen molar-refractivity contribution >= 4 is 38.9 Å². The second-order valence-corrected chi connectivity index (χ2v) is 7.15. The van der Waals surface area contributed by atoms with Gasteiger partial charge in [-0.1, -0.05) is 0 Å². The van der Waals surface area contributed by atoms with Crippen LogP contribution in [0.3, 0.4) is 0 Å². The molecule has 0 radical (unpaired) electrons. The SMILES string of the molecule is COC(=O)c1sc2ncn3nc(C(C)n4cc([N+](=O)[O-])c(OC)n4)nc3c2c1C. The van der Waals surface area contributed by atoms with E-state index < -0.39 is 16.9 Å². The molecule has 4 aromatic heterocycles. The number of ether oxygens (including phenoxy) is 2. The van der Waals surface area contributed by atoms with Crippen molar-refractivity contribution in [2.24, 2.45) is 0 Å². The number of carbonyl (C=O) groups excluding carboxylic acids is 1. The van der Waals surface area contributed by atoms with Gasteiger partial charge < -0.3 is 9.47 Å². The third-order valence-corrected chi connectivity index (χ3v) is 5.67. The summed E-state index contributed by atoms with van der Waals surface area (Å²) >= 11 is 1.22. The first-order valence-corrected chi connectivity index (χ1v) is 9.17. The van der Waals surface area contributed by atoms with Crippen LogP contribution in [0.25, 0.3) is 15.9 Å². The lowest BCUT2D eigenvalue weighted by Crippen LogP contribution is -2.09. The van der Waals surface area contributed by atoms with Gasteiger partial charge in [-0.25, -0.2) is 19.3 Å². The van der Waals surface area contributed by atoms with Gasteiger partial charge in [0.25, 0.3) is 0 Å². The fourth-order valence-electron chi connectivity index (χ4n) is 2.97. The Morgan fingerprint density at radius 2 is 2.10 bits per heavy atom. The smallest absolute Gasteiger partial charge is 0.350 e. The molecule has 0 aliphatic heterocycles. The molecule has 13 heteroatoms. The topological polar surface area (TPSA) is 140 Å². The molecule has 4 aromatic rings. The van der Waals surface area contributed by atoms with Crippen LogP contribution in [0.4, 0.5) is 5.69 Å². The van der Waals surface area contributed by atoms with E-state index in [-0.39, 0.29) is 11.6 Å². The van der Waals surface area contributed by atoms with Gasteiger partial charge >= 0.3 is 17.5 Å². The van der Waals surface area contributed by atoms with Crippen LogP contribution in [-0.4, -0.2) is 54.5 Å². The highest BCUT2D eigenvalue weighted by Crippen LogP contribution is 2.33. The fourth-order valence-corrected chi connectivity index (χ4v) is 4.03. The number of esters is 1. The van der Waals surface area contributed by atoms with Crippen LogP contribution in [0, 0.1) is 17.0 Å². The Kier molecular flexibility index (Phi) is 4.38. The molecule has 0 aliphatic rings.